The lowest BCUT2D eigenvalue weighted by Gasteiger charge is -2.44. The molecular formula is C32H41F5N10O3. The van der Waals surface area contributed by atoms with Crippen LogP contribution in [-0.2, 0) is 22.5 Å². The Balaban J connectivity index is 1.25. The van der Waals surface area contributed by atoms with Gasteiger partial charge in [-0.3, -0.25) is 19.2 Å². The number of amides is 2. The van der Waals surface area contributed by atoms with Gasteiger partial charge >= 0.3 is 6.18 Å². The molecule has 6 heterocycles. The van der Waals surface area contributed by atoms with Gasteiger partial charge in [0.05, 0.1) is 43.1 Å². The van der Waals surface area contributed by atoms with E-state index >= 15 is 0 Å². The highest BCUT2D eigenvalue weighted by Crippen LogP contribution is 2.42. The molecule has 1 aliphatic carbocycles. The number of rotatable bonds is 8. The van der Waals surface area contributed by atoms with Gasteiger partial charge in [0.15, 0.2) is 5.82 Å². The zero-order chi connectivity index (χ0) is 35.2. The molecule has 272 valence electrons. The summed E-state index contributed by atoms with van der Waals surface area (Å²) in [6.07, 6.45) is -2.16. The number of carbonyl (C=O) groups is 2. The fourth-order valence-electron chi connectivity index (χ4n) is 7.72. The van der Waals surface area contributed by atoms with E-state index in [1.807, 2.05) is 11.8 Å². The average Bonchev–Trinajstić information content (AvgIpc) is 3.74. The second-order valence-electron chi connectivity index (χ2n) is 13.8. The van der Waals surface area contributed by atoms with Gasteiger partial charge in [0, 0.05) is 70.6 Å². The first-order valence-corrected chi connectivity index (χ1v) is 17.3. The number of halogens is 5. The Bertz CT molecular complexity index is 1700. The number of anilines is 1. The maximum atomic E-state index is 14.2. The summed E-state index contributed by atoms with van der Waals surface area (Å²) in [6.45, 7) is 5.61. The number of nitrogens with zero attached hydrogens (tertiary/aromatic N) is 8. The largest absolute Gasteiger partial charge is 0.393 e. The van der Waals surface area contributed by atoms with E-state index in [2.05, 4.69) is 20.6 Å². The number of aromatic nitrogens is 6. The van der Waals surface area contributed by atoms with Crippen molar-refractivity contribution in [2.75, 3.05) is 50.8 Å². The average molecular weight is 709 g/mol. The van der Waals surface area contributed by atoms with Crippen molar-refractivity contribution in [3.8, 4) is 0 Å². The van der Waals surface area contributed by atoms with E-state index in [4.69, 9.17) is 19.8 Å². The SMILES string of the molecule is CCn1nccc1C(=O)N[C@H](c1cn2nc(C[C@H]3C[C@@H](C(F)(F)F)CNC3=O)c(N3CCN4CCOC[C@@H]4C3)nc2n1)C1CCC(F)(F)CC1. The van der Waals surface area contributed by atoms with Crippen LogP contribution in [0.15, 0.2) is 18.5 Å². The van der Waals surface area contributed by atoms with Gasteiger partial charge in [-0.25, -0.2) is 18.3 Å². The van der Waals surface area contributed by atoms with Crippen LogP contribution in [0.4, 0.5) is 27.8 Å². The molecule has 2 N–H and O–H groups in total. The number of hydrogen-bond donors (Lipinski definition) is 2. The highest BCUT2D eigenvalue weighted by molar-refractivity contribution is 5.92. The molecule has 3 saturated heterocycles. The van der Waals surface area contributed by atoms with Crippen molar-refractivity contribution in [1.29, 1.82) is 0 Å². The van der Waals surface area contributed by atoms with E-state index in [1.54, 1.807) is 12.3 Å². The van der Waals surface area contributed by atoms with Crippen LogP contribution < -0.4 is 15.5 Å². The van der Waals surface area contributed by atoms with E-state index in [-0.39, 0.29) is 56.3 Å². The Labute approximate surface area is 284 Å². The molecule has 0 spiro atoms. The van der Waals surface area contributed by atoms with E-state index in [1.165, 1.54) is 15.4 Å². The quantitative estimate of drug-likeness (QED) is 0.339. The van der Waals surface area contributed by atoms with Crippen LogP contribution in [-0.4, -0.2) is 110 Å². The van der Waals surface area contributed by atoms with Gasteiger partial charge in [0.1, 0.15) is 11.4 Å². The first kappa shape index (κ1) is 34.5. The first-order valence-electron chi connectivity index (χ1n) is 17.3. The summed E-state index contributed by atoms with van der Waals surface area (Å²) in [5.74, 6) is -6.11. The molecule has 0 aromatic carbocycles. The minimum Gasteiger partial charge on any atom is -0.378 e. The molecule has 7 rings (SSSR count). The molecule has 0 unspecified atom stereocenters. The lowest BCUT2D eigenvalue weighted by Crippen LogP contribution is -2.58. The summed E-state index contributed by atoms with van der Waals surface area (Å²) in [5, 5.41) is 14.4. The summed E-state index contributed by atoms with van der Waals surface area (Å²) >= 11 is 0. The number of morpholine rings is 1. The van der Waals surface area contributed by atoms with Crippen LogP contribution in [0.2, 0.25) is 0 Å². The predicted octanol–water partition coefficient (Wildman–Crippen LogP) is 3.02. The Morgan fingerprint density at radius 1 is 1.18 bits per heavy atom. The van der Waals surface area contributed by atoms with Crippen LogP contribution in [0.5, 0.6) is 0 Å². The molecule has 4 aliphatic rings. The highest BCUT2D eigenvalue weighted by Gasteiger charge is 2.45. The molecule has 3 aliphatic heterocycles. The molecular weight excluding hydrogens is 667 g/mol. The molecule has 18 heteroatoms. The molecule has 1 saturated carbocycles. The van der Waals surface area contributed by atoms with Crippen molar-refractivity contribution >= 4 is 23.4 Å². The number of piperazine rings is 1. The van der Waals surface area contributed by atoms with Crippen LogP contribution in [0.1, 0.15) is 66.9 Å². The lowest BCUT2D eigenvalue weighted by molar-refractivity contribution is -0.183. The molecule has 4 atom stereocenters. The number of hydrogen-bond acceptors (Lipinski definition) is 9. The molecule has 2 amide bonds. The normalized spacial score (nSPS) is 25.7. The van der Waals surface area contributed by atoms with Crippen molar-refractivity contribution in [3.05, 3.63) is 35.5 Å². The van der Waals surface area contributed by atoms with Crippen LogP contribution in [0.25, 0.3) is 5.78 Å². The van der Waals surface area contributed by atoms with Gasteiger partial charge in [-0.2, -0.15) is 28.4 Å². The van der Waals surface area contributed by atoms with Crippen molar-refractivity contribution in [1.82, 2.24) is 44.9 Å². The number of piperidine rings is 1. The van der Waals surface area contributed by atoms with Gasteiger partial charge in [-0.05, 0) is 38.2 Å². The zero-order valence-electron chi connectivity index (χ0n) is 27.7. The molecule has 3 aromatic heterocycles. The summed E-state index contributed by atoms with van der Waals surface area (Å²) in [4.78, 5) is 40.4. The molecule has 13 nitrogen and oxygen atoms in total. The number of aryl methyl sites for hydroxylation is 1. The standard InChI is InChI=1S/C32H41F5N10O3/c1-2-46-25(5-8-39-46)29(49)41-26(19-3-6-31(33,34)7-4-19)24-17-47-30(40-24)42-27(45-10-9-44-11-12-50-18-22(44)16-45)23(43-47)14-20-13-21(32(35,36)37)15-38-28(20)48/h5,8,17,19-22,26H,2-4,6-7,9-16,18H2,1H3,(H,38,48)(H,41,49)/t20-,21-,22+,26+/m1/s1. The number of alkyl halides is 5. The van der Waals surface area contributed by atoms with E-state index < -0.39 is 48.3 Å². The van der Waals surface area contributed by atoms with Crippen LogP contribution >= 0.6 is 0 Å². The number of nitrogens with one attached hydrogen (secondary N) is 2. The monoisotopic (exact) mass is 708 g/mol. The van der Waals surface area contributed by atoms with Crippen molar-refractivity contribution in [2.45, 2.75) is 76.2 Å². The minimum absolute atomic E-state index is 0.0758. The number of carbonyl (C=O) groups excluding carboxylic acids is 2. The lowest BCUT2D eigenvalue weighted by atomic mass is 9.81. The van der Waals surface area contributed by atoms with E-state index in [0.29, 0.717) is 55.7 Å². The maximum Gasteiger partial charge on any atom is 0.393 e. The molecule has 3 aromatic rings. The third kappa shape index (κ3) is 7.13. The van der Waals surface area contributed by atoms with Gasteiger partial charge in [0.25, 0.3) is 11.7 Å². The minimum atomic E-state index is -4.46. The van der Waals surface area contributed by atoms with E-state index in [0.717, 1.165) is 13.1 Å². The van der Waals surface area contributed by atoms with Crippen LogP contribution in [0, 0.1) is 17.8 Å². The third-order valence-corrected chi connectivity index (χ3v) is 10.6. The predicted molar refractivity (Wildman–Crippen MR) is 169 cm³/mol. The molecule has 50 heavy (non-hydrogen) atoms. The van der Waals surface area contributed by atoms with E-state index in [9.17, 15) is 31.5 Å². The van der Waals surface area contributed by atoms with Gasteiger partial charge in [-0.1, -0.05) is 0 Å². The van der Waals surface area contributed by atoms with Gasteiger partial charge in [0.2, 0.25) is 11.8 Å². The second-order valence-corrected chi connectivity index (χ2v) is 13.8. The van der Waals surface area contributed by atoms with Crippen molar-refractivity contribution in [2.24, 2.45) is 17.8 Å². The Morgan fingerprint density at radius 3 is 2.74 bits per heavy atom. The molecule has 4 fully saturated rings. The second kappa shape index (κ2) is 13.7. The van der Waals surface area contributed by atoms with Crippen LogP contribution in [0.3, 0.4) is 0 Å². The summed E-state index contributed by atoms with van der Waals surface area (Å²) < 4.78 is 78.3. The topological polar surface area (TPSA) is 135 Å². The van der Waals surface area contributed by atoms with Crippen molar-refractivity contribution in [3.63, 3.8) is 0 Å². The fraction of sp³-hybridized carbons (Fsp3) is 0.688. The first-order chi connectivity index (χ1) is 23.9. The molecule has 0 bridgehead atoms. The van der Waals surface area contributed by atoms with Crippen molar-refractivity contribution < 1.29 is 36.3 Å². The third-order valence-electron chi connectivity index (χ3n) is 10.6. The number of imidazole rings is 1. The van der Waals surface area contributed by atoms with Gasteiger partial charge in [-0.15, -0.1) is 0 Å². The summed E-state index contributed by atoms with van der Waals surface area (Å²) in [5.41, 5.74) is 1.04. The summed E-state index contributed by atoms with van der Waals surface area (Å²) in [6, 6.07) is 0.902. The maximum absolute atomic E-state index is 14.2. The number of ether oxygens (including phenoxy) is 1. The zero-order valence-corrected chi connectivity index (χ0v) is 27.7. The Hall–Kier alpha value is -3.93. The Kier molecular flexibility index (Phi) is 9.43. The number of fused-ring (bicyclic) bond motifs is 2. The highest BCUT2D eigenvalue weighted by atomic mass is 19.4. The fourth-order valence-corrected chi connectivity index (χ4v) is 7.72. The molecule has 0 radical (unpaired) electrons. The smallest absolute Gasteiger partial charge is 0.378 e. The van der Waals surface area contributed by atoms with Gasteiger partial charge < -0.3 is 20.3 Å². The summed E-state index contributed by atoms with van der Waals surface area (Å²) in [7, 11) is 0. The Morgan fingerprint density at radius 2 is 1.98 bits per heavy atom.